The maximum absolute atomic E-state index is 9.51. The Morgan fingerprint density at radius 3 is 2.54 bits per heavy atom. The number of aliphatic hydroxyl groups is 4. The molecule has 0 radical (unpaired) electrons. The first-order valence-corrected chi connectivity index (χ1v) is 4.05. The molecule has 0 aliphatic carbocycles. The predicted octanol–water partition coefficient (Wildman–Crippen LogP) is -2.81. The number of aliphatic hydroxyl groups excluding tert-OH is 4. The minimum Gasteiger partial charge on any atom is -0.393 e. The molecule has 5 atom stereocenters. The van der Waals surface area contributed by atoms with Crippen molar-refractivity contribution in [3.8, 4) is 0 Å². The summed E-state index contributed by atoms with van der Waals surface area (Å²) in [7, 11) is 0. The summed E-state index contributed by atoms with van der Waals surface area (Å²) in [5, 5.41) is 37.2. The van der Waals surface area contributed by atoms with Gasteiger partial charge < -0.3 is 29.9 Å². The van der Waals surface area contributed by atoms with Crippen LogP contribution >= 0.6 is 0 Å². The topological polar surface area (TPSA) is 99.4 Å². The van der Waals surface area contributed by atoms with E-state index in [1.807, 2.05) is 0 Å². The second-order valence-electron chi connectivity index (χ2n) is 3.45. The number of rotatable bonds is 1. The van der Waals surface area contributed by atoms with Gasteiger partial charge in [-0.1, -0.05) is 0 Å². The van der Waals surface area contributed by atoms with Crippen LogP contribution in [0.15, 0.2) is 0 Å². The molecule has 2 fully saturated rings. The molecule has 2 saturated heterocycles. The predicted molar refractivity (Wildman–Crippen MR) is 38.7 cm³/mol. The van der Waals surface area contributed by atoms with Gasteiger partial charge in [-0.25, -0.2) is 0 Å². The third-order valence-corrected chi connectivity index (χ3v) is 2.60. The van der Waals surface area contributed by atoms with E-state index in [2.05, 4.69) is 0 Å². The quantitative estimate of drug-likeness (QED) is 0.358. The fraction of sp³-hybridized carbons (Fsp3) is 1.00. The molecule has 6 heteroatoms. The lowest BCUT2D eigenvalue weighted by atomic mass is 9.90. The van der Waals surface area contributed by atoms with Crippen LogP contribution in [0.4, 0.5) is 0 Å². The Morgan fingerprint density at radius 1 is 1.23 bits per heavy atom. The van der Waals surface area contributed by atoms with Gasteiger partial charge in [0.05, 0.1) is 13.2 Å². The van der Waals surface area contributed by atoms with E-state index in [0.717, 1.165) is 0 Å². The average Bonchev–Trinajstić information content (AvgIpc) is 2.55. The molecule has 0 amide bonds. The lowest BCUT2D eigenvalue weighted by Gasteiger charge is -2.39. The van der Waals surface area contributed by atoms with Crippen molar-refractivity contribution in [2.24, 2.45) is 0 Å². The van der Waals surface area contributed by atoms with Crippen molar-refractivity contribution in [2.75, 3.05) is 13.2 Å². The van der Waals surface area contributed by atoms with Crippen LogP contribution in [0, 0.1) is 0 Å². The highest BCUT2D eigenvalue weighted by Gasteiger charge is 2.58. The first-order valence-electron chi connectivity index (χ1n) is 4.05. The van der Waals surface area contributed by atoms with E-state index in [4.69, 9.17) is 14.6 Å². The zero-order valence-electron chi connectivity index (χ0n) is 6.83. The van der Waals surface area contributed by atoms with Crippen LogP contribution in [0.1, 0.15) is 0 Å². The highest BCUT2D eigenvalue weighted by molar-refractivity contribution is 5.03. The smallest absolute Gasteiger partial charge is 0.187 e. The van der Waals surface area contributed by atoms with E-state index in [-0.39, 0.29) is 6.61 Å². The molecule has 0 aromatic carbocycles. The summed E-state index contributed by atoms with van der Waals surface area (Å²) >= 11 is 0. The molecule has 13 heavy (non-hydrogen) atoms. The summed E-state index contributed by atoms with van der Waals surface area (Å²) in [5.74, 6) is 0. The summed E-state index contributed by atoms with van der Waals surface area (Å²) in [6.45, 7) is -0.474. The van der Waals surface area contributed by atoms with Crippen LogP contribution in [-0.4, -0.2) is 63.8 Å². The van der Waals surface area contributed by atoms with E-state index in [1.54, 1.807) is 0 Å². The highest BCUT2D eigenvalue weighted by Crippen LogP contribution is 2.36. The molecule has 2 aliphatic heterocycles. The molecular weight excluding hydrogens is 180 g/mol. The fourth-order valence-corrected chi connectivity index (χ4v) is 1.68. The molecule has 0 aromatic heterocycles. The summed E-state index contributed by atoms with van der Waals surface area (Å²) in [5.41, 5.74) is -1.27. The number of hydrogen-bond acceptors (Lipinski definition) is 6. The van der Waals surface area contributed by atoms with Crippen LogP contribution in [0.5, 0.6) is 0 Å². The summed E-state index contributed by atoms with van der Waals surface area (Å²) < 4.78 is 10.1. The minimum absolute atomic E-state index is 0.0244. The van der Waals surface area contributed by atoms with Crippen molar-refractivity contribution in [1.82, 2.24) is 0 Å². The molecule has 0 spiro atoms. The second-order valence-corrected chi connectivity index (χ2v) is 3.45. The molecule has 0 aromatic rings. The Hall–Kier alpha value is -0.240. The van der Waals surface area contributed by atoms with Gasteiger partial charge >= 0.3 is 0 Å². The van der Waals surface area contributed by atoms with Crippen molar-refractivity contribution in [3.05, 3.63) is 0 Å². The van der Waals surface area contributed by atoms with Gasteiger partial charge in [0, 0.05) is 0 Å². The summed E-state index contributed by atoms with van der Waals surface area (Å²) in [6.07, 6.45) is -4.89. The normalized spacial score (nSPS) is 55.4. The van der Waals surface area contributed by atoms with Crippen molar-refractivity contribution < 1.29 is 29.9 Å². The van der Waals surface area contributed by atoms with Gasteiger partial charge in [-0.05, 0) is 0 Å². The Kier molecular flexibility index (Phi) is 2.06. The fourth-order valence-electron chi connectivity index (χ4n) is 1.68. The van der Waals surface area contributed by atoms with Crippen molar-refractivity contribution in [1.29, 1.82) is 0 Å². The van der Waals surface area contributed by atoms with Crippen LogP contribution < -0.4 is 0 Å². The van der Waals surface area contributed by atoms with Crippen molar-refractivity contribution in [2.45, 2.75) is 30.2 Å². The number of hydrogen-bond donors (Lipinski definition) is 4. The van der Waals surface area contributed by atoms with E-state index >= 15 is 0 Å². The lowest BCUT2D eigenvalue weighted by Crippen LogP contribution is -2.62. The van der Waals surface area contributed by atoms with Crippen LogP contribution in [0.25, 0.3) is 0 Å². The lowest BCUT2D eigenvalue weighted by molar-refractivity contribution is -0.265. The molecule has 0 saturated carbocycles. The molecule has 0 unspecified atom stereocenters. The molecule has 76 valence electrons. The van der Waals surface area contributed by atoms with Gasteiger partial charge in [-0.2, -0.15) is 0 Å². The Labute approximate surface area is 74.3 Å². The first-order chi connectivity index (χ1) is 6.10. The van der Waals surface area contributed by atoms with Gasteiger partial charge in [-0.15, -0.1) is 0 Å². The monoisotopic (exact) mass is 192 g/mol. The Bertz CT molecular complexity index is 209. The highest BCUT2D eigenvalue weighted by atomic mass is 16.8. The second kappa shape index (κ2) is 2.88. The SMILES string of the molecule is OC[C@]12CO[C@H](O1)[C@@H](O)[C@H](O)[C@H]2O. The van der Waals surface area contributed by atoms with Crippen LogP contribution in [-0.2, 0) is 9.47 Å². The van der Waals surface area contributed by atoms with Crippen molar-refractivity contribution in [3.63, 3.8) is 0 Å². The van der Waals surface area contributed by atoms with E-state index in [9.17, 15) is 15.3 Å². The van der Waals surface area contributed by atoms with Crippen LogP contribution in [0.2, 0.25) is 0 Å². The molecule has 2 aliphatic rings. The zero-order chi connectivity index (χ0) is 9.64. The molecular formula is C7H12O6. The van der Waals surface area contributed by atoms with Gasteiger partial charge in [0.25, 0.3) is 0 Å². The average molecular weight is 192 g/mol. The standard InChI is InChI=1S/C7H12O6/c8-1-7-2-12-6(13-7)4(10)3(9)5(7)11/h3-6,8-11H,1-2H2/t3-,4-,5+,6+,7+/m0/s1. The third-order valence-electron chi connectivity index (χ3n) is 2.60. The maximum atomic E-state index is 9.51. The number of fused-ring (bicyclic) bond motifs is 2. The third kappa shape index (κ3) is 1.11. The molecule has 4 N–H and O–H groups in total. The van der Waals surface area contributed by atoms with Gasteiger partial charge in [0.15, 0.2) is 6.29 Å². The van der Waals surface area contributed by atoms with E-state index in [0.29, 0.717) is 0 Å². The molecule has 6 nitrogen and oxygen atoms in total. The molecule has 2 heterocycles. The van der Waals surface area contributed by atoms with Gasteiger partial charge in [-0.3, -0.25) is 0 Å². The summed E-state index contributed by atoms with van der Waals surface area (Å²) in [4.78, 5) is 0. The van der Waals surface area contributed by atoms with Gasteiger partial charge in [0.1, 0.15) is 23.9 Å². The van der Waals surface area contributed by atoms with Crippen LogP contribution in [0.3, 0.4) is 0 Å². The van der Waals surface area contributed by atoms with E-state index < -0.39 is 36.8 Å². The number of ether oxygens (including phenoxy) is 2. The molecule has 2 bridgehead atoms. The largest absolute Gasteiger partial charge is 0.393 e. The first kappa shape index (κ1) is 9.32. The Morgan fingerprint density at radius 2 is 1.92 bits per heavy atom. The van der Waals surface area contributed by atoms with Gasteiger partial charge in [0.2, 0.25) is 0 Å². The van der Waals surface area contributed by atoms with E-state index in [1.165, 1.54) is 0 Å². The Balaban J connectivity index is 2.25. The zero-order valence-corrected chi connectivity index (χ0v) is 6.83. The minimum atomic E-state index is -1.34. The van der Waals surface area contributed by atoms with Crippen molar-refractivity contribution >= 4 is 0 Å². The molecule has 2 rings (SSSR count). The maximum Gasteiger partial charge on any atom is 0.187 e. The summed E-state index contributed by atoms with van der Waals surface area (Å²) in [6, 6.07) is 0.